The fraction of sp³-hybridized carbons (Fsp3) is 0.226. The van der Waals surface area contributed by atoms with Gasteiger partial charge in [0.05, 0.1) is 35.0 Å². The fourth-order valence-electron chi connectivity index (χ4n) is 3.61. The number of methoxy groups -OCH3 is 1. The van der Waals surface area contributed by atoms with Crippen LogP contribution in [0.4, 0.5) is 5.69 Å². The van der Waals surface area contributed by atoms with Crippen molar-refractivity contribution in [1.29, 1.82) is 0 Å². The molecule has 1 aliphatic heterocycles. The number of likely N-dealkylation sites (N-methyl/N-ethyl adjacent to an activating group) is 1. The molecule has 4 rings (SSSR count). The molecule has 0 atom stereocenters. The molecule has 1 heterocycles. The molecule has 2 N–H and O–H groups in total. The van der Waals surface area contributed by atoms with Crippen molar-refractivity contribution >= 4 is 58.6 Å². The number of benzene rings is 3. The zero-order chi connectivity index (χ0) is 31.2. The predicted molar refractivity (Wildman–Crippen MR) is 165 cm³/mol. The molecule has 0 radical (unpaired) electrons. The topological polar surface area (TPSA) is 126 Å². The number of halogens is 2. The number of carboxylic acid groups (broad SMARTS) is 2. The van der Waals surface area contributed by atoms with E-state index >= 15 is 0 Å². The molecular formula is C31H32Cl2N2O7. The predicted octanol–water partition coefficient (Wildman–Crippen LogP) is 6.49. The van der Waals surface area contributed by atoms with Crippen LogP contribution in [-0.4, -0.2) is 61.1 Å². The highest BCUT2D eigenvalue weighted by Crippen LogP contribution is 2.29. The van der Waals surface area contributed by atoms with Crippen molar-refractivity contribution in [2.75, 3.05) is 32.1 Å². The lowest BCUT2D eigenvalue weighted by Crippen LogP contribution is -2.20. The highest BCUT2D eigenvalue weighted by atomic mass is 35.5. The van der Waals surface area contributed by atoms with E-state index in [-0.39, 0.29) is 5.97 Å². The number of benzodiazepines with no additional fused rings is 1. The Morgan fingerprint density at radius 1 is 0.929 bits per heavy atom. The summed E-state index contributed by atoms with van der Waals surface area (Å²) < 4.78 is 10.8. The lowest BCUT2D eigenvalue weighted by Gasteiger charge is -2.20. The van der Waals surface area contributed by atoms with Crippen LogP contribution in [0, 0.1) is 0 Å². The number of carbonyl (C=O) groups excluding carboxylic acids is 1. The Morgan fingerprint density at radius 3 is 2.17 bits per heavy atom. The first-order valence-corrected chi connectivity index (χ1v) is 13.4. The van der Waals surface area contributed by atoms with Gasteiger partial charge in [-0.1, -0.05) is 47.5 Å². The van der Waals surface area contributed by atoms with Gasteiger partial charge >= 0.3 is 5.97 Å². The van der Waals surface area contributed by atoms with E-state index in [2.05, 4.69) is 11.9 Å². The van der Waals surface area contributed by atoms with Gasteiger partial charge in [0, 0.05) is 44.8 Å². The number of anilines is 1. The number of fused-ring (bicyclic) bond motifs is 1. The van der Waals surface area contributed by atoms with Crippen LogP contribution in [0.5, 0.6) is 5.75 Å². The van der Waals surface area contributed by atoms with Gasteiger partial charge in [-0.2, -0.15) is 0 Å². The number of aliphatic carboxylic acids is 2. The number of esters is 1. The van der Waals surface area contributed by atoms with Gasteiger partial charge in [0.2, 0.25) is 0 Å². The van der Waals surface area contributed by atoms with Crippen molar-refractivity contribution in [1.82, 2.24) is 0 Å². The first-order chi connectivity index (χ1) is 19.9. The summed E-state index contributed by atoms with van der Waals surface area (Å²) in [4.78, 5) is 36.5. The molecule has 0 aromatic heterocycles. The molecule has 9 nitrogen and oxygen atoms in total. The smallest absolute Gasteiger partial charge is 0.337 e. The molecule has 0 spiro atoms. The van der Waals surface area contributed by atoms with E-state index < -0.39 is 11.9 Å². The number of ether oxygens (including phenoxy) is 2. The zero-order valence-corrected chi connectivity index (χ0v) is 25.1. The average Bonchev–Trinajstić information content (AvgIpc) is 3.09. The van der Waals surface area contributed by atoms with E-state index in [1.807, 2.05) is 54.6 Å². The third-order valence-corrected chi connectivity index (χ3v) is 6.27. The van der Waals surface area contributed by atoms with Crippen molar-refractivity contribution < 1.29 is 34.1 Å². The molecule has 0 amide bonds. The lowest BCUT2D eigenvalue weighted by molar-refractivity contribution is -0.135. The standard InChI is InChI=1S/C27H24Cl2N2O3.2C2H4O2/c1-31-14-13-30-25(12-6-18-5-11-23(28)24(29)15-18)22-10-9-21(16-26(22)31)34-17-19-3-7-20(8-4-19)27(32)33-2;2*1-2(3)4/h3-12,15-16H,13-14,17H2,1-2H3;2*1H3,(H,3,4). The summed E-state index contributed by atoms with van der Waals surface area (Å²) in [5.41, 5.74) is 5.41. The maximum atomic E-state index is 11.6. The highest BCUT2D eigenvalue weighted by Gasteiger charge is 2.16. The molecule has 3 aromatic rings. The minimum absolute atomic E-state index is 0.355. The van der Waals surface area contributed by atoms with Gasteiger partial charge in [0.25, 0.3) is 11.9 Å². The number of hydrogen-bond acceptors (Lipinski definition) is 7. The minimum Gasteiger partial charge on any atom is -0.489 e. The summed E-state index contributed by atoms with van der Waals surface area (Å²) in [7, 11) is 3.42. The number of hydrogen-bond donors (Lipinski definition) is 2. The number of carbonyl (C=O) groups is 3. The van der Waals surface area contributed by atoms with Crippen LogP contribution < -0.4 is 9.64 Å². The number of carboxylic acids is 2. The van der Waals surface area contributed by atoms with Crippen molar-refractivity contribution in [2.24, 2.45) is 4.99 Å². The monoisotopic (exact) mass is 614 g/mol. The summed E-state index contributed by atoms with van der Waals surface area (Å²) in [6.07, 6.45) is 3.99. The molecule has 11 heteroatoms. The fourth-order valence-corrected chi connectivity index (χ4v) is 3.92. The van der Waals surface area contributed by atoms with Crippen LogP contribution >= 0.6 is 23.2 Å². The van der Waals surface area contributed by atoms with Gasteiger partial charge in [0.15, 0.2) is 0 Å². The molecule has 42 heavy (non-hydrogen) atoms. The van der Waals surface area contributed by atoms with E-state index in [9.17, 15) is 4.79 Å². The number of aliphatic imine (C=N–C) groups is 1. The number of rotatable bonds is 6. The summed E-state index contributed by atoms with van der Waals surface area (Å²) >= 11 is 12.2. The lowest BCUT2D eigenvalue weighted by atomic mass is 10.0. The van der Waals surface area contributed by atoms with E-state index in [1.165, 1.54) is 7.11 Å². The van der Waals surface area contributed by atoms with E-state index in [4.69, 9.17) is 57.5 Å². The second-order valence-corrected chi connectivity index (χ2v) is 9.70. The molecule has 0 aliphatic carbocycles. The van der Waals surface area contributed by atoms with Crippen LogP contribution in [-0.2, 0) is 20.9 Å². The van der Waals surface area contributed by atoms with Crippen molar-refractivity contribution in [3.05, 3.63) is 99.0 Å². The Labute approximate surface area is 254 Å². The zero-order valence-electron chi connectivity index (χ0n) is 23.6. The third kappa shape index (κ3) is 11.3. The van der Waals surface area contributed by atoms with Crippen LogP contribution in [0.2, 0.25) is 10.0 Å². The molecule has 0 unspecified atom stereocenters. The van der Waals surface area contributed by atoms with Crippen LogP contribution in [0.15, 0.2) is 71.7 Å². The van der Waals surface area contributed by atoms with Gasteiger partial charge in [-0.05, 0) is 53.6 Å². The van der Waals surface area contributed by atoms with Gasteiger partial charge in [-0.15, -0.1) is 0 Å². The van der Waals surface area contributed by atoms with Crippen LogP contribution in [0.1, 0.15) is 40.9 Å². The second kappa shape index (κ2) is 16.8. The van der Waals surface area contributed by atoms with E-state index in [1.54, 1.807) is 18.2 Å². The maximum Gasteiger partial charge on any atom is 0.337 e. The van der Waals surface area contributed by atoms with Crippen LogP contribution in [0.3, 0.4) is 0 Å². The molecule has 1 aliphatic rings. The average molecular weight is 616 g/mol. The van der Waals surface area contributed by atoms with Gasteiger partial charge in [-0.25, -0.2) is 4.79 Å². The summed E-state index contributed by atoms with van der Waals surface area (Å²) in [5, 5.41) is 15.9. The molecule has 3 aromatic carbocycles. The summed E-state index contributed by atoms with van der Waals surface area (Å²) in [5.74, 6) is -1.26. The normalized spacial score (nSPS) is 12.0. The minimum atomic E-state index is -0.833. The molecule has 222 valence electrons. The van der Waals surface area contributed by atoms with E-state index in [0.717, 1.165) is 54.2 Å². The quantitative estimate of drug-likeness (QED) is 0.302. The Balaban J connectivity index is 0.000000686. The summed E-state index contributed by atoms with van der Waals surface area (Å²) in [6.45, 7) is 4.05. The Kier molecular flexibility index (Phi) is 13.6. The van der Waals surface area contributed by atoms with Crippen LogP contribution in [0.25, 0.3) is 6.08 Å². The summed E-state index contributed by atoms with van der Waals surface area (Å²) in [6, 6.07) is 18.7. The first-order valence-electron chi connectivity index (χ1n) is 12.6. The molecular weight excluding hydrogens is 583 g/mol. The Bertz CT molecular complexity index is 1430. The molecule has 0 saturated carbocycles. The highest BCUT2D eigenvalue weighted by molar-refractivity contribution is 6.42. The number of nitrogens with zero attached hydrogens (tertiary/aromatic N) is 2. The Hall–Kier alpha value is -4.34. The molecule has 0 saturated heterocycles. The van der Waals surface area contributed by atoms with Gasteiger partial charge in [0.1, 0.15) is 12.4 Å². The largest absolute Gasteiger partial charge is 0.489 e. The SMILES string of the molecule is CC(=O)O.CC(=O)O.COC(=O)c1ccc(COc2ccc3c(c2)N(C)CCN=C3C=Cc2ccc(Cl)c(Cl)c2)cc1. The van der Waals surface area contributed by atoms with Crippen molar-refractivity contribution in [3.63, 3.8) is 0 Å². The first kappa shape index (κ1) is 33.9. The molecule has 0 fully saturated rings. The number of allylic oxidation sites excluding steroid dienone is 1. The van der Waals surface area contributed by atoms with Gasteiger partial charge in [-0.3, -0.25) is 14.6 Å². The van der Waals surface area contributed by atoms with Crippen molar-refractivity contribution in [3.8, 4) is 5.75 Å². The second-order valence-electron chi connectivity index (χ2n) is 8.89. The van der Waals surface area contributed by atoms with Gasteiger partial charge < -0.3 is 24.6 Å². The maximum absolute atomic E-state index is 11.6. The molecule has 0 bridgehead atoms. The third-order valence-electron chi connectivity index (χ3n) is 5.53. The van der Waals surface area contributed by atoms with E-state index in [0.29, 0.717) is 28.8 Å². The van der Waals surface area contributed by atoms with Crippen molar-refractivity contribution in [2.45, 2.75) is 20.5 Å². The Morgan fingerprint density at radius 2 is 1.57 bits per heavy atom.